The van der Waals surface area contributed by atoms with Gasteiger partial charge in [0.25, 0.3) is 5.91 Å². The summed E-state index contributed by atoms with van der Waals surface area (Å²) in [6.45, 7) is 4.10. The molecule has 1 aromatic carbocycles. The lowest BCUT2D eigenvalue weighted by molar-refractivity contribution is -0.130. The number of halogens is 1. The number of nitrogens with one attached hydrogen (secondary N) is 1. The van der Waals surface area contributed by atoms with Crippen molar-refractivity contribution in [2.75, 3.05) is 26.0 Å². The SMILES string of the molecule is CCCS(=O)(=O)NC(=O)C1(C)CCCN(C(=O)c2cc(OC)ccc2Br)C1. The molecule has 2 rings (SSSR count). The van der Waals surface area contributed by atoms with E-state index >= 15 is 0 Å². The van der Waals surface area contributed by atoms with Crippen LogP contribution in [-0.2, 0) is 14.8 Å². The summed E-state index contributed by atoms with van der Waals surface area (Å²) >= 11 is 3.38. The van der Waals surface area contributed by atoms with Crippen LogP contribution in [0.3, 0.4) is 0 Å². The Bertz CT molecular complexity index is 827. The van der Waals surface area contributed by atoms with Crippen LogP contribution >= 0.6 is 15.9 Å². The van der Waals surface area contributed by atoms with Gasteiger partial charge in [-0.05, 0) is 60.3 Å². The molecule has 0 saturated carbocycles. The van der Waals surface area contributed by atoms with Gasteiger partial charge in [0.15, 0.2) is 0 Å². The van der Waals surface area contributed by atoms with Crippen molar-refractivity contribution < 1.29 is 22.7 Å². The highest BCUT2D eigenvalue weighted by Gasteiger charge is 2.41. The smallest absolute Gasteiger partial charge is 0.255 e. The predicted octanol–water partition coefficient (Wildman–Crippen LogP) is 2.56. The molecule has 1 heterocycles. The van der Waals surface area contributed by atoms with E-state index in [9.17, 15) is 18.0 Å². The molecule has 9 heteroatoms. The lowest BCUT2D eigenvalue weighted by Crippen LogP contribution is -2.53. The predicted molar refractivity (Wildman–Crippen MR) is 106 cm³/mol. The number of methoxy groups -OCH3 is 1. The van der Waals surface area contributed by atoms with Crippen molar-refractivity contribution in [2.45, 2.75) is 33.1 Å². The molecular weight excluding hydrogens is 436 g/mol. The van der Waals surface area contributed by atoms with Crippen LogP contribution in [0.1, 0.15) is 43.5 Å². The molecule has 1 saturated heterocycles. The lowest BCUT2D eigenvalue weighted by Gasteiger charge is -2.39. The molecular formula is C18H25BrN2O5S. The first-order valence-electron chi connectivity index (χ1n) is 8.79. The molecule has 1 atom stereocenters. The van der Waals surface area contributed by atoms with Crippen LogP contribution in [0.25, 0.3) is 0 Å². The van der Waals surface area contributed by atoms with Gasteiger partial charge in [0.05, 0.1) is 23.8 Å². The number of rotatable bonds is 6. The summed E-state index contributed by atoms with van der Waals surface area (Å²) in [4.78, 5) is 27.2. The minimum atomic E-state index is -3.65. The maximum absolute atomic E-state index is 13.0. The standard InChI is InChI=1S/C18H25BrN2O5S/c1-4-10-27(24,25)20-17(23)18(2)8-5-9-21(12-18)16(22)14-11-13(26-3)6-7-15(14)19/h6-7,11H,4-5,8-10,12H2,1-3H3,(H,20,23). The molecule has 1 aliphatic rings. The van der Waals surface area contributed by atoms with Gasteiger partial charge in [-0.1, -0.05) is 6.92 Å². The fourth-order valence-electron chi connectivity index (χ4n) is 3.15. The Morgan fingerprint density at radius 2 is 2.07 bits per heavy atom. The number of hydrogen-bond donors (Lipinski definition) is 1. The normalized spacial score (nSPS) is 20.2. The zero-order chi connectivity index (χ0) is 20.2. The number of sulfonamides is 1. The van der Waals surface area contributed by atoms with Crippen LogP contribution in [0.5, 0.6) is 5.75 Å². The second-order valence-electron chi connectivity index (χ2n) is 6.99. The molecule has 1 N–H and O–H groups in total. The summed E-state index contributed by atoms with van der Waals surface area (Å²) in [5, 5.41) is 0. The summed E-state index contributed by atoms with van der Waals surface area (Å²) in [5.74, 6) is -0.326. The Labute approximate surface area is 168 Å². The first-order chi connectivity index (χ1) is 12.6. The highest BCUT2D eigenvalue weighted by atomic mass is 79.9. The number of hydrogen-bond acceptors (Lipinski definition) is 5. The van der Waals surface area contributed by atoms with E-state index in [2.05, 4.69) is 20.7 Å². The maximum Gasteiger partial charge on any atom is 0.255 e. The van der Waals surface area contributed by atoms with Gasteiger partial charge in [-0.3, -0.25) is 14.3 Å². The van der Waals surface area contributed by atoms with E-state index in [0.717, 1.165) is 0 Å². The third-order valence-electron chi connectivity index (χ3n) is 4.66. The number of benzene rings is 1. The molecule has 1 unspecified atom stereocenters. The summed E-state index contributed by atoms with van der Waals surface area (Å²) in [6.07, 6.45) is 1.56. The molecule has 1 fully saturated rings. The average molecular weight is 461 g/mol. The van der Waals surface area contributed by atoms with Crippen molar-refractivity contribution in [3.05, 3.63) is 28.2 Å². The summed E-state index contributed by atoms with van der Waals surface area (Å²) < 4.78 is 31.9. The van der Waals surface area contributed by atoms with Crippen LogP contribution in [0.15, 0.2) is 22.7 Å². The second-order valence-corrected chi connectivity index (χ2v) is 9.68. The van der Waals surface area contributed by atoms with E-state index in [0.29, 0.717) is 41.6 Å². The molecule has 0 aromatic heterocycles. The van der Waals surface area contributed by atoms with E-state index in [1.807, 2.05) is 0 Å². The quantitative estimate of drug-likeness (QED) is 0.703. The molecule has 1 aliphatic heterocycles. The molecule has 1 aromatic rings. The van der Waals surface area contributed by atoms with Crippen molar-refractivity contribution in [1.29, 1.82) is 0 Å². The van der Waals surface area contributed by atoms with Gasteiger partial charge in [-0.25, -0.2) is 8.42 Å². The molecule has 0 aliphatic carbocycles. The molecule has 0 spiro atoms. The van der Waals surface area contributed by atoms with Gasteiger partial charge >= 0.3 is 0 Å². The van der Waals surface area contributed by atoms with E-state index in [-0.39, 0.29) is 18.2 Å². The first kappa shape index (κ1) is 21.7. The fourth-order valence-corrected chi connectivity index (χ4v) is 4.73. The largest absolute Gasteiger partial charge is 0.497 e. The van der Waals surface area contributed by atoms with Crippen LogP contribution in [0.2, 0.25) is 0 Å². The van der Waals surface area contributed by atoms with Crippen LogP contribution in [0, 0.1) is 5.41 Å². The Balaban J connectivity index is 2.19. The highest BCUT2D eigenvalue weighted by molar-refractivity contribution is 9.10. The van der Waals surface area contributed by atoms with Crippen LogP contribution in [-0.4, -0.2) is 51.1 Å². The van der Waals surface area contributed by atoms with Crippen molar-refractivity contribution >= 4 is 37.8 Å². The molecule has 0 bridgehead atoms. The Morgan fingerprint density at radius 1 is 1.37 bits per heavy atom. The Kier molecular flexibility index (Phi) is 6.91. The third kappa shape index (κ3) is 5.22. The molecule has 2 amide bonds. The lowest BCUT2D eigenvalue weighted by atomic mass is 9.81. The summed E-state index contributed by atoms with van der Waals surface area (Å²) in [7, 11) is -2.13. The van der Waals surface area contributed by atoms with Crippen molar-refractivity contribution in [1.82, 2.24) is 9.62 Å². The second kappa shape index (κ2) is 8.60. The summed E-state index contributed by atoms with van der Waals surface area (Å²) in [5.41, 5.74) is -0.516. The highest BCUT2D eigenvalue weighted by Crippen LogP contribution is 2.32. The molecule has 150 valence electrons. The fraction of sp³-hybridized carbons (Fsp3) is 0.556. The minimum Gasteiger partial charge on any atom is -0.497 e. The van der Waals surface area contributed by atoms with Gasteiger partial charge < -0.3 is 9.64 Å². The molecule has 27 heavy (non-hydrogen) atoms. The van der Waals surface area contributed by atoms with Gasteiger partial charge in [0, 0.05) is 17.6 Å². The topological polar surface area (TPSA) is 92.8 Å². The number of piperidine rings is 1. The average Bonchev–Trinajstić information content (AvgIpc) is 2.61. The van der Waals surface area contributed by atoms with Crippen LogP contribution in [0.4, 0.5) is 0 Å². The first-order valence-corrected chi connectivity index (χ1v) is 11.2. The van der Waals surface area contributed by atoms with E-state index in [4.69, 9.17) is 4.74 Å². The van der Waals surface area contributed by atoms with Crippen molar-refractivity contribution in [2.24, 2.45) is 5.41 Å². The summed E-state index contributed by atoms with van der Waals surface area (Å²) in [6, 6.07) is 5.12. The Morgan fingerprint density at radius 3 is 2.70 bits per heavy atom. The van der Waals surface area contributed by atoms with Gasteiger partial charge in [-0.2, -0.15) is 0 Å². The van der Waals surface area contributed by atoms with Crippen LogP contribution < -0.4 is 9.46 Å². The third-order valence-corrected chi connectivity index (χ3v) is 6.79. The number of amides is 2. The Hall–Kier alpha value is -1.61. The van der Waals surface area contributed by atoms with Gasteiger partial charge in [-0.15, -0.1) is 0 Å². The van der Waals surface area contributed by atoms with Gasteiger partial charge in [0.2, 0.25) is 15.9 Å². The van der Waals surface area contributed by atoms with Crippen molar-refractivity contribution in [3.8, 4) is 5.75 Å². The number of carbonyl (C=O) groups excluding carboxylic acids is 2. The zero-order valence-electron chi connectivity index (χ0n) is 15.7. The minimum absolute atomic E-state index is 0.103. The van der Waals surface area contributed by atoms with E-state index in [1.54, 1.807) is 36.9 Å². The number of ether oxygens (including phenoxy) is 1. The maximum atomic E-state index is 13.0. The molecule has 0 radical (unpaired) electrons. The zero-order valence-corrected chi connectivity index (χ0v) is 18.2. The van der Waals surface area contributed by atoms with E-state index in [1.165, 1.54) is 7.11 Å². The number of likely N-dealkylation sites (tertiary alicyclic amines) is 1. The molecule has 7 nitrogen and oxygen atoms in total. The van der Waals surface area contributed by atoms with Gasteiger partial charge in [0.1, 0.15) is 5.75 Å². The number of carbonyl (C=O) groups is 2. The van der Waals surface area contributed by atoms with Crippen molar-refractivity contribution in [3.63, 3.8) is 0 Å². The monoisotopic (exact) mass is 460 g/mol. The number of nitrogens with zero attached hydrogens (tertiary/aromatic N) is 1. The van der Waals surface area contributed by atoms with E-state index < -0.39 is 21.3 Å².